The molecule has 0 saturated carbocycles. The minimum atomic E-state index is -0.903. The number of esters is 1. The number of aromatic nitrogens is 1. The van der Waals surface area contributed by atoms with Gasteiger partial charge >= 0.3 is 5.97 Å². The van der Waals surface area contributed by atoms with Crippen LogP contribution >= 0.6 is 0 Å². The van der Waals surface area contributed by atoms with Gasteiger partial charge in [0.05, 0.1) is 5.56 Å². The molecule has 1 aromatic heterocycles. The highest BCUT2D eigenvalue weighted by atomic mass is 16.5. The maximum atomic E-state index is 12.4. The van der Waals surface area contributed by atoms with Crippen molar-refractivity contribution >= 4 is 28.5 Å². The zero-order valence-corrected chi connectivity index (χ0v) is 14.4. The van der Waals surface area contributed by atoms with Gasteiger partial charge in [0.2, 0.25) is 0 Å². The third-order valence-electron chi connectivity index (χ3n) is 4.19. The maximum absolute atomic E-state index is 12.4. The number of carbonyl (C=O) groups is 2. The summed E-state index contributed by atoms with van der Waals surface area (Å²) in [5.41, 5.74) is 3.94. The Labute approximate surface area is 146 Å². The van der Waals surface area contributed by atoms with Crippen molar-refractivity contribution in [2.24, 2.45) is 0 Å². The van der Waals surface area contributed by atoms with Gasteiger partial charge < -0.3 is 15.0 Å². The minimum absolute atomic E-state index is 0.356. The van der Waals surface area contributed by atoms with Crippen LogP contribution in [0.2, 0.25) is 0 Å². The lowest BCUT2D eigenvalue weighted by molar-refractivity contribution is -0.123. The molecule has 1 heterocycles. The molecule has 0 aliphatic heterocycles. The first-order valence-electron chi connectivity index (χ1n) is 8.11. The molecule has 5 nitrogen and oxygen atoms in total. The number of carbonyl (C=O) groups excluding carboxylic acids is 2. The quantitative estimate of drug-likeness (QED) is 0.708. The van der Waals surface area contributed by atoms with Crippen LogP contribution in [0.1, 0.15) is 28.4 Å². The second-order valence-corrected chi connectivity index (χ2v) is 6.05. The average molecular weight is 336 g/mol. The first-order chi connectivity index (χ1) is 12.0. The highest BCUT2D eigenvalue weighted by Gasteiger charge is 2.21. The molecule has 0 aliphatic rings. The highest BCUT2D eigenvalue weighted by molar-refractivity contribution is 6.05. The third kappa shape index (κ3) is 3.40. The van der Waals surface area contributed by atoms with Crippen LogP contribution in [0, 0.1) is 13.8 Å². The Kier molecular flexibility index (Phi) is 4.57. The summed E-state index contributed by atoms with van der Waals surface area (Å²) in [5, 5.41) is 3.62. The van der Waals surface area contributed by atoms with Gasteiger partial charge in [-0.1, -0.05) is 36.4 Å². The van der Waals surface area contributed by atoms with Gasteiger partial charge in [-0.3, -0.25) is 4.79 Å². The molecule has 0 radical (unpaired) electrons. The van der Waals surface area contributed by atoms with Crippen LogP contribution in [0.5, 0.6) is 0 Å². The average Bonchev–Trinajstić information content (AvgIpc) is 3.02. The van der Waals surface area contributed by atoms with E-state index in [0.29, 0.717) is 5.56 Å². The minimum Gasteiger partial charge on any atom is -0.449 e. The molecule has 0 saturated heterocycles. The van der Waals surface area contributed by atoms with Gasteiger partial charge in [-0.2, -0.15) is 0 Å². The van der Waals surface area contributed by atoms with Crippen LogP contribution in [0.4, 0.5) is 5.69 Å². The SMILES string of the molecule is Cc1cccc(C)c1NC(=O)[C@H](C)OC(=O)c1c[nH]c2ccccc12. The molecule has 3 aromatic rings. The van der Waals surface area contributed by atoms with Gasteiger partial charge in [-0.25, -0.2) is 4.79 Å². The van der Waals surface area contributed by atoms with E-state index in [9.17, 15) is 9.59 Å². The zero-order chi connectivity index (χ0) is 18.0. The van der Waals surface area contributed by atoms with E-state index in [0.717, 1.165) is 27.7 Å². The fourth-order valence-electron chi connectivity index (χ4n) is 2.75. The summed E-state index contributed by atoms with van der Waals surface area (Å²) >= 11 is 0. The second-order valence-electron chi connectivity index (χ2n) is 6.05. The number of hydrogen-bond acceptors (Lipinski definition) is 3. The normalized spacial score (nSPS) is 12.0. The smallest absolute Gasteiger partial charge is 0.341 e. The predicted molar refractivity (Wildman–Crippen MR) is 97.7 cm³/mol. The molecule has 25 heavy (non-hydrogen) atoms. The third-order valence-corrected chi connectivity index (χ3v) is 4.19. The van der Waals surface area contributed by atoms with Crippen LogP contribution in [-0.2, 0) is 9.53 Å². The van der Waals surface area contributed by atoms with Crippen molar-refractivity contribution in [2.75, 3.05) is 5.32 Å². The van der Waals surface area contributed by atoms with E-state index in [4.69, 9.17) is 4.74 Å². The van der Waals surface area contributed by atoms with E-state index >= 15 is 0 Å². The maximum Gasteiger partial charge on any atom is 0.341 e. The van der Waals surface area contributed by atoms with Crippen molar-refractivity contribution in [3.8, 4) is 0 Å². The number of aromatic amines is 1. The van der Waals surface area contributed by atoms with E-state index in [1.807, 2.05) is 56.3 Å². The van der Waals surface area contributed by atoms with Crippen molar-refractivity contribution in [3.63, 3.8) is 0 Å². The van der Waals surface area contributed by atoms with Crippen molar-refractivity contribution in [2.45, 2.75) is 26.9 Å². The van der Waals surface area contributed by atoms with E-state index in [1.165, 1.54) is 0 Å². The molecule has 2 aromatic carbocycles. The van der Waals surface area contributed by atoms with Gasteiger partial charge in [0.25, 0.3) is 5.91 Å². The molecule has 3 rings (SSSR count). The summed E-state index contributed by atoms with van der Waals surface area (Å²) in [6.07, 6.45) is 0.698. The summed E-state index contributed by atoms with van der Waals surface area (Å²) in [7, 11) is 0. The molecule has 0 spiro atoms. The Balaban J connectivity index is 1.72. The fraction of sp³-hybridized carbons (Fsp3) is 0.200. The molecular formula is C20H20N2O3. The number of amides is 1. The lowest BCUT2D eigenvalue weighted by atomic mass is 10.1. The molecule has 5 heteroatoms. The lowest BCUT2D eigenvalue weighted by Crippen LogP contribution is -2.30. The van der Waals surface area contributed by atoms with Crippen LogP contribution < -0.4 is 5.32 Å². The Hall–Kier alpha value is -3.08. The molecule has 1 atom stereocenters. The number of anilines is 1. The molecule has 0 unspecified atom stereocenters. The summed E-state index contributed by atoms with van der Waals surface area (Å²) in [5.74, 6) is -0.882. The Bertz CT molecular complexity index is 923. The van der Waals surface area contributed by atoms with Crippen molar-refractivity contribution in [1.29, 1.82) is 0 Å². The number of ether oxygens (including phenoxy) is 1. The first kappa shape index (κ1) is 16.8. The van der Waals surface area contributed by atoms with E-state index in [-0.39, 0.29) is 5.91 Å². The van der Waals surface area contributed by atoms with Crippen LogP contribution in [0.15, 0.2) is 48.7 Å². The molecule has 0 bridgehead atoms. The van der Waals surface area contributed by atoms with Gasteiger partial charge in [0.15, 0.2) is 6.10 Å². The number of aryl methyl sites for hydroxylation is 2. The Morgan fingerprint density at radius 1 is 1.04 bits per heavy atom. The van der Waals surface area contributed by atoms with Gasteiger partial charge in [-0.05, 0) is 38.0 Å². The fourth-order valence-corrected chi connectivity index (χ4v) is 2.75. The molecule has 128 valence electrons. The number of para-hydroxylation sites is 2. The lowest BCUT2D eigenvalue weighted by Gasteiger charge is -2.16. The molecule has 0 aliphatic carbocycles. The van der Waals surface area contributed by atoms with E-state index in [1.54, 1.807) is 13.1 Å². The number of nitrogens with one attached hydrogen (secondary N) is 2. The van der Waals surface area contributed by atoms with Crippen LogP contribution in [0.3, 0.4) is 0 Å². The Morgan fingerprint density at radius 2 is 1.72 bits per heavy atom. The summed E-state index contributed by atoms with van der Waals surface area (Å²) in [6.45, 7) is 5.41. The predicted octanol–water partition coefficient (Wildman–Crippen LogP) is 3.97. The first-order valence-corrected chi connectivity index (χ1v) is 8.11. The number of hydrogen-bond donors (Lipinski definition) is 2. The van der Waals surface area contributed by atoms with Crippen molar-refractivity contribution in [3.05, 3.63) is 65.4 Å². The van der Waals surface area contributed by atoms with Crippen LogP contribution in [0.25, 0.3) is 10.9 Å². The van der Waals surface area contributed by atoms with E-state index < -0.39 is 12.1 Å². The number of rotatable bonds is 4. The molecule has 2 N–H and O–H groups in total. The van der Waals surface area contributed by atoms with Gasteiger partial charge in [-0.15, -0.1) is 0 Å². The number of H-pyrrole nitrogens is 1. The van der Waals surface area contributed by atoms with Gasteiger partial charge in [0, 0.05) is 22.8 Å². The monoisotopic (exact) mass is 336 g/mol. The van der Waals surface area contributed by atoms with Crippen molar-refractivity contribution < 1.29 is 14.3 Å². The largest absolute Gasteiger partial charge is 0.449 e. The standard InChI is InChI=1S/C20H20N2O3/c1-12-7-6-8-13(2)18(12)22-19(23)14(3)25-20(24)16-11-21-17-10-5-4-9-15(16)17/h4-11,14,21H,1-3H3,(H,22,23)/t14-/m0/s1. The Morgan fingerprint density at radius 3 is 2.44 bits per heavy atom. The molecule has 1 amide bonds. The molecule has 0 fully saturated rings. The highest BCUT2D eigenvalue weighted by Crippen LogP contribution is 2.21. The topological polar surface area (TPSA) is 71.2 Å². The van der Waals surface area contributed by atoms with Crippen LogP contribution in [-0.4, -0.2) is 23.0 Å². The number of benzene rings is 2. The van der Waals surface area contributed by atoms with Crippen molar-refractivity contribution in [1.82, 2.24) is 4.98 Å². The zero-order valence-electron chi connectivity index (χ0n) is 14.4. The summed E-state index contributed by atoms with van der Waals surface area (Å²) < 4.78 is 5.35. The summed E-state index contributed by atoms with van der Waals surface area (Å²) in [6, 6.07) is 13.2. The van der Waals surface area contributed by atoms with E-state index in [2.05, 4.69) is 10.3 Å². The summed E-state index contributed by atoms with van der Waals surface area (Å²) in [4.78, 5) is 27.8. The number of fused-ring (bicyclic) bond motifs is 1. The molecular weight excluding hydrogens is 316 g/mol. The van der Waals surface area contributed by atoms with Gasteiger partial charge in [0.1, 0.15) is 0 Å². The second kappa shape index (κ2) is 6.81.